The molecule has 3 aromatic carbocycles. The smallest absolute Gasteiger partial charge is 0.244 e. The summed E-state index contributed by atoms with van der Waals surface area (Å²) in [4.78, 5) is 32.2. The highest BCUT2D eigenvalue weighted by molar-refractivity contribution is 7.99. The van der Waals surface area contributed by atoms with Crippen LogP contribution in [0.1, 0.15) is 12.5 Å². The Morgan fingerprint density at radius 3 is 2.59 bits per heavy atom. The van der Waals surface area contributed by atoms with Gasteiger partial charge in [0.1, 0.15) is 6.54 Å². The summed E-state index contributed by atoms with van der Waals surface area (Å²) in [6, 6.07) is 25.9. The van der Waals surface area contributed by atoms with E-state index in [0.29, 0.717) is 23.0 Å². The van der Waals surface area contributed by atoms with Crippen LogP contribution in [-0.2, 0) is 16.1 Å². The van der Waals surface area contributed by atoms with E-state index in [9.17, 15) is 9.59 Å². The van der Waals surface area contributed by atoms with E-state index in [0.717, 1.165) is 16.7 Å². The first kappa shape index (κ1) is 23.1. The molecule has 0 unspecified atom stereocenters. The summed E-state index contributed by atoms with van der Waals surface area (Å²) >= 11 is 1.31. The number of nitrogens with one attached hydrogen (secondary N) is 1. The van der Waals surface area contributed by atoms with E-state index in [1.165, 1.54) is 11.8 Å². The number of rotatable bonds is 8. The van der Waals surface area contributed by atoms with Crippen LogP contribution in [0.3, 0.4) is 0 Å². The average molecular weight is 470 g/mol. The molecule has 2 amide bonds. The first-order valence-electron chi connectivity index (χ1n) is 10.8. The van der Waals surface area contributed by atoms with Gasteiger partial charge in [0.05, 0.1) is 28.4 Å². The van der Waals surface area contributed by atoms with Gasteiger partial charge in [0.15, 0.2) is 5.16 Å². The molecule has 8 heteroatoms. The van der Waals surface area contributed by atoms with Crippen LogP contribution in [0.5, 0.6) is 0 Å². The molecule has 0 saturated heterocycles. The minimum Gasteiger partial charge on any atom is -0.324 e. The van der Waals surface area contributed by atoms with Gasteiger partial charge in [-0.1, -0.05) is 48.2 Å². The first-order valence-corrected chi connectivity index (χ1v) is 11.8. The number of nitriles is 1. The quantitative estimate of drug-likeness (QED) is 0.378. The highest BCUT2D eigenvalue weighted by Crippen LogP contribution is 2.25. The molecular weight excluding hydrogens is 446 g/mol. The number of aromatic nitrogens is 2. The molecular formula is C26H23N5O2S. The number of hydrogen-bond donors (Lipinski definition) is 1. The third kappa shape index (κ3) is 5.27. The summed E-state index contributed by atoms with van der Waals surface area (Å²) in [7, 11) is 0. The molecule has 0 radical (unpaired) electrons. The van der Waals surface area contributed by atoms with Crippen LogP contribution in [0, 0.1) is 11.3 Å². The molecule has 1 N–H and O–H groups in total. The summed E-state index contributed by atoms with van der Waals surface area (Å²) < 4.78 is 1.82. The lowest BCUT2D eigenvalue weighted by Gasteiger charge is -2.20. The van der Waals surface area contributed by atoms with Gasteiger partial charge in [0, 0.05) is 17.9 Å². The Bertz CT molecular complexity index is 1360. The fourth-order valence-electron chi connectivity index (χ4n) is 3.64. The largest absolute Gasteiger partial charge is 0.324 e. The lowest BCUT2D eigenvalue weighted by molar-refractivity contribution is -0.117. The minimum absolute atomic E-state index is 0.0317. The van der Waals surface area contributed by atoms with E-state index >= 15 is 0 Å². The Hall–Kier alpha value is -4.09. The highest BCUT2D eigenvalue weighted by Gasteiger charge is 2.18. The van der Waals surface area contributed by atoms with E-state index in [1.54, 1.807) is 29.2 Å². The SMILES string of the molecule is CCN(C(=O)CSc1nc2ccccc2n1CC(=O)Nc1cccc(C#N)c1)c1ccccc1. The fraction of sp³-hybridized carbons (Fsp3) is 0.154. The number of hydrogen-bond acceptors (Lipinski definition) is 5. The Morgan fingerprint density at radius 2 is 1.82 bits per heavy atom. The summed E-state index contributed by atoms with van der Waals surface area (Å²) in [5.41, 5.74) is 3.45. The first-order chi connectivity index (χ1) is 16.6. The van der Waals surface area contributed by atoms with Crippen LogP contribution < -0.4 is 10.2 Å². The molecule has 4 rings (SSSR count). The molecule has 1 aromatic heterocycles. The molecule has 0 spiro atoms. The van der Waals surface area contributed by atoms with E-state index in [4.69, 9.17) is 5.26 Å². The number of anilines is 2. The van der Waals surface area contributed by atoms with Crippen molar-refractivity contribution in [1.29, 1.82) is 5.26 Å². The molecule has 0 aliphatic rings. The molecule has 34 heavy (non-hydrogen) atoms. The minimum atomic E-state index is -0.245. The maximum atomic E-state index is 13.0. The van der Waals surface area contributed by atoms with Gasteiger partial charge in [-0.25, -0.2) is 4.98 Å². The Labute approximate surface area is 202 Å². The monoisotopic (exact) mass is 469 g/mol. The van der Waals surface area contributed by atoms with Crippen LogP contribution in [0.4, 0.5) is 11.4 Å². The number of nitrogens with zero attached hydrogens (tertiary/aromatic N) is 4. The number of benzene rings is 3. The molecule has 0 fully saturated rings. The van der Waals surface area contributed by atoms with E-state index in [-0.39, 0.29) is 24.1 Å². The molecule has 0 aliphatic carbocycles. The van der Waals surface area contributed by atoms with E-state index in [2.05, 4.69) is 16.4 Å². The lowest BCUT2D eigenvalue weighted by atomic mass is 10.2. The summed E-state index contributed by atoms with van der Waals surface area (Å²) in [5, 5.41) is 12.5. The number of para-hydroxylation sites is 3. The Morgan fingerprint density at radius 1 is 1.06 bits per heavy atom. The predicted octanol–water partition coefficient (Wildman–Crippen LogP) is 4.69. The van der Waals surface area contributed by atoms with Gasteiger partial charge in [0.25, 0.3) is 0 Å². The maximum absolute atomic E-state index is 13.0. The van der Waals surface area contributed by atoms with Crippen LogP contribution in [0.2, 0.25) is 0 Å². The van der Waals surface area contributed by atoms with Crippen LogP contribution >= 0.6 is 11.8 Å². The third-order valence-electron chi connectivity index (χ3n) is 5.21. The summed E-state index contributed by atoms with van der Waals surface area (Å²) in [6.45, 7) is 2.53. The van der Waals surface area contributed by atoms with Crippen molar-refractivity contribution in [3.05, 3.63) is 84.4 Å². The van der Waals surface area contributed by atoms with E-state index in [1.807, 2.05) is 66.1 Å². The van der Waals surface area contributed by atoms with Crippen molar-refractivity contribution in [3.8, 4) is 6.07 Å². The second-order valence-electron chi connectivity index (χ2n) is 7.47. The second-order valence-corrected chi connectivity index (χ2v) is 8.41. The number of carbonyl (C=O) groups excluding carboxylic acids is 2. The summed E-state index contributed by atoms with van der Waals surface area (Å²) in [5.74, 6) is -0.0845. The number of amides is 2. The molecule has 170 valence electrons. The number of thioether (sulfide) groups is 1. The summed E-state index contributed by atoms with van der Waals surface area (Å²) in [6.07, 6.45) is 0. The fourth-order valence-corrected chi connectivity index (χ4v) is 4.53. The standard InChI is InChI=1S/C26H23N5O2S/c1-2-30(21-11-4-3-5-12-21)25(33)18-34-26-29-22-13-6-7-14-23(22)31(26)17-24(32)28-20-10-8-9-19(15-20)16-27/h3-15H,2,17-18H2,1H3,(H,28,32). The van der Waals surface area contributed by atoms with Gasteiger partial charge in [-0.3, -0.25) is 9.59 Å². The molecule has 0 saturated carbocycles. The third-order valence-corrected chi connectivity index (χ3v) is 6.17. The molecule has 0 atom stereocenters. The van der Waals surface area contributed by atoms with Gasteiger partial charge in [-0.2, -0.15) is 5.26 Å². The molecule has 0 bridgehead atoms. The van der Waals surface area contributed by atoms with Gasteiger partial charge < -0.3 is 14.8 Å². The molecule has 0 aliphatic heterocycles. The zero-order valence-electron chi connectivity index (χ0n) is 18.6. The second kappa shape index (κ2) is 10.7. The van der Waals surface area contributed by atoms with Crippen LogP contribution in [0.15, 0.2) is 84.0 Å². The Kier molecular flexibility index (Phi) is 7.25. The van der Waals surface area contributed by atoms with Gasteiger partial charge >= 0.3 is 0 Å². The highest BCUT2D eigenvalue weighted by atomic mass is 32.2. The molecule has 7 nitrogen and oxygen atoms in total. The van der Waals surface area contributed by atoms with Gasteiger partial charge in [0.2, 0.25) is 11.8 Å². The van der Waals surface area contributed by atoms with Crippen LogP contribution in [0.25, 0.3) is 11.0 Å². The van der Waals surface area contributed by atoms with Crippen molar-refractivity contribution in [2.24, 2.45) is 0 Å². The number of carbonyl (C=O) groups is 2. The van der Waals surface area contributed by atoms with Crippen molar-refractivity contribution in [1.82, 2.24) is 9.55 Å². The van der Waals surface area contributed by atoms with Crippen LogP contribution in [-0.4, -0.2) is 33.7 Å². The zero-order valence-corrected chi connectivity index (χ0v) is 19.5. The van der Waals surface area contributed by atoms with Gasteiger partial charge in [-0.05, 0) is 49.4 Å². The molecule has 4 aromatic rings. The zero-order chi connectivity index (χ0) is 23.9. The van der Waals surface area contributed by atoms with E-state index < -0.39 is 0 Å². The molecule has 1 heterocycles. The maximum Gasteiger partial charge on any atom is 0.244 e. The van der Waals surface area contributed by atoms with Crippen molar-refractivity contribution >= 4 is 46.0 Å². The average Bonchev–Trinajstić information content (AvgIpc) is 3.21. The Balaban J connectivity index is 1.52. The number of fused-ring (bicyclic) bond motifs is 1. The van der Waals surface area contributed by atoms with Crippen molar-refractivity contribution in [2.45, 2.75) is 18.6 Å². The van der Waals surface area contributed by atoms with Crippen molar-refractivity contribution < 1.29 is 9.59 Å². The normalized spacial score (nSPS) is 10.6. The van der Waals surface area contributed by atoms with Crippen molar-refractivity contribution in [2.75, 3.05) is 22.5 Å². The van der Waals surface area contributed by atoms with Gasteiger partial charge in [-0.15, -0.1) is 0 Å². The van der Waals surface area contributed by atoms with Crippen molar-refractivity contribution in [3.63, 3.8) is 0 Å². The topological polar surface area (TPSA) is 91.0 Å². The number of imidazole rings is 1. The predicted molar refractivity (Wildman–Crippen MR) is 135 cm³/mol. The lowest BCUT2D eigenvalue weighted by Crippen LogP contribution is -2.32.